The SMILES string of the molecule is C=CCCCNc1cc(OC)c(Cl)cc1OC. The van der Waals surface area contributed by atoms with Crippen LogP contribution in [0.1, 0.15) is 12.8 Å². The Balaban J connectivity index is 2.77. The van der Waals surface area contributed by atoms with Crippen molar-refractivity contribution in [3.63, 3.8) is 0 Å². The summed E-state index contributed by atoms with van der Waals surface area (Å²) in [6.07, 6.45) is 3.92. The minimum Gasteiger partial charge on any atom is -0.495 e. The summed E-state index contributed by atoms with van der Waals surface area (Å²) in [6, 6.07) is 3.59. The molecule has 0 aliphatic rings. The quantitative estimate of drug-likeness (QED) is 0.595. The second kappa shape index (κ2) is 7.07. The molecule has 0 amide bonds. The van der Waals surface area contributed by atoms with Gasteiger partial charge in [0.2, 0.25) is 0 Å². The van der Waals surface area contributed by atoms with E-state index in [-0.39, 0.29) is 0 Å². The molecular formula is C13H18ClNO2. The van der Waals surface area contributed by atoms with E-state index in [1.165, 1.54) is 0 Å². The molecule has 0 saturated carbocycles. The standard InChI is InChI=1S/C13H18ClNO2/c1-4-5-6-7-15-11-9-12(16-2)10(14)8-13(11)17-3/h4,8-9,15H,1,5-7H2,2-3H3. The third-order valence-corrected chi connectivity index (χ3v) is 2.67. The zero-order valence-corrected chi connectivity index (χ0v) is 11.0. The summed E-state index contributed by atoms with van der Waals surface area (Å²) >= 11 is 6.02. The highest BCUT2D eigenvalue weighted by Crippen LogP contribution is 2.35. The van der Waals surface area contributed by atoms with E-state index in [1.54, 1.807) is 20.3 Å². The van der Waals surface area contributed by atoms with Crippen molar-refractivity contribution in [2.45, 2.75) is 12.8 Å². The molecule has 1 N–H and O–H groups in total. The first-order chi connectivity index (χ1) is 8.22. The van der Waals surface area contributed by atoms with Gasteiger partial charge in [0.1, 0.15) is 11.5 Å². The summed E-state index contributed by atoms with van der Waals surface area (Å²) in [5, 5.41) is 3.83. The van der Waals surface area contributed by atoms with Crippen molar-refractivity contribution in [1.29, 1.82) is 0 Å². The minimum absolute atomic E-state index is 0.543. The lowest BCUT2D eigenvalue weighted by Crippen LogP contribution is -2.03. The van der Waals surface area contributed by atoms with Gasteiger partial charge >= 0.3 is 0 Å². The van der Waals surface area contributed by atoms with Gasteiger partial charge in [0.25, 0.3) is 0 Å². The minimum atomic E-state index is 0.543. The van der Waals surface area contributed by atoms with Gasteiger partial charge in [0, 0.05) is 18.7 Å². The molecule has 94 valence electrons. The van der Waals surface area contributed by atoms with Crippen LogP contribution >= 0.6 is 11.6 Å². The molecule has 1 aromatic rings. The molecule has 3 nitrogen and oxygen atoms in total. The van der Waals surface area contributed by atoms with Gasteiger partial charge in [-0.2, -0.15) is 0 Å². The largest absolute Gasteiger partial charge is 0.495 e. The Kier molecular flexibility index (Phi) is 5.70. The Labute approximate surface area is 107 Å². The molecule has 0 atom stereocenters. The normalized spacial score (nSPS) is 9.82. The van der Waals surface area contributed by atoms with Crippen molar-refractivity contribution < 1.29 is 9.47 Å². The molecule has 17 heavy (non-hydrogen) atoms. The number of ether oxygens (including phenoxy) is 2. The Morgan fingerprint density at radius 3 is 2.59 bits per heavy atom. The Hall–Kier alpha value is -1.35. The summed E-state index contributed by atoms with van der Waals surface area (Å²) < 4.78 is 10.4. The van der Waals surface area contributed by atoms with Crippen LogP contribution in [0.25, 0.3) is 0 Å². The van der Waals surface area contributed by atoms with E-state index in [1.807, 2.05) is 12.1 Å². The van der Waals surface area contributed by atoms with Gasteiger partial charge in [-0.15, -0.1) is 6.58 Å². The molecule has 0 spiro atoms. The number of allylic oxidation sites excluding steroid dienone is 1. The zero-order valence-electron chi connectivity index (χ0n) is 10.3. The number of unbranched alkanes of at least 4 members (excludes halogenated alkanes) is 1. The summed E-state index contributed by atoms with van der Waals surface area (Å²) in [7, 11) is 3.21. The number of anilines is 1. The molecule has 0 aliphatic carbocycles. The number of hydrogen-bond donors (Lipinski definition) is 1. The monoisotopic (exact) mass is 255 g/mol. The van der Waals surface area contributed by atoms with E-state index in [9.17, 15) is 0 Å². The number of halogens is 1. The van der Waals surface area contributed by atoms with Gasteiger partial charge in [-0.3, -0.25) is 0 Å². The second-order valence-electron chi connectivity index (χ2n) is 3.54. The first-order valence-corrected chi connectivity index (χ1v) is 5.87. The van der Waals surface area contributed by atoms with Crippen molar-refractivity contribution >= 4 is 17.3 Å². The maximum absolute atomic E-state index is 6.02. The predicted octanol–water partition coefficient (Wildman–Crippen LogP) is 3.74. The Morgan fingerprint density at radius 1 is 1.29 bits per heavy atom. The van der Waals surface area contributed by atoms with Crippen molar-refractivity contribution in [3.8, 4) is 11.5 Å². The van der Waals surface area contributed by atoms with Crippen LogP contribution in [0.5, 0.6) is 11.5 Å². The maximum Gasteiger partial charge on any atom is 0.143 e. The smallest absolute Gasteiger partial charge is 0.143 e. The molecule has 0 heterocycles. The van der Waals surface area contributed by atoms with Crippen molar-refractivity contribution in [3.05, 3.63) is 29.8 Å². The fraction of sp³-hybridized carbons (Fsp3) is 0.385. The van der Waals surface area contributed by atoms with Gasteiger partial charge in [-0.25, -0.2) is 0 Å². The summed E-state index contributed by atoms with van der Waals surface area (Å²) in [5.41, 5.74) is 0.887. The van der Waals surface area contributed by atoms with E-state index in [2.05, 4.69) is 11.9 Å². The third kappa shape index (κ3) is 3.86. The molecule has 0 bridgehead atoms. The molecule has 4 heteroatoms. The average Bonchev–Trinajstić information content (AvgIpc) is 2.35. The fourth-order valence-electron chi connectivity index (χ4n) is 1.47. The van der Waals surface area contributed by atoms with Crippen molar-refractivity contribution in [2.75, 3.05) is 26.1 Å². The van der Waals surface area contributed by atoms with Gasteiger partial charge in [-0.05, 0) is 12.8 Å². The van der Waals surface area contributed by atoms with E-state index in [4.69, 9.17) is 21.1 Å². The Bertz CT molecular complexity index is 380. The molecule has 0 aromatic heterocycles. The molecule has 0 fully saturated rings. The second-order valence-corrected chi connectivity index (χ2v) is 3.95. The molecule has 0 aliphatic heterocycles. The maximum atomic E-state index is 6.02. The van der Waals surface area contributed by atoms with Gasteiger partial charge < -0.3 is 14.8 Å². The van der Waals surface area contributed by atoms with Crippen molar-refractivity contribution in [1.82, 2.24) is 0 Å². The van der Waals surface area contributed by atoms with Crippen LogP contribution in [0.3, 0.4) is 0 Å². The van der Waals surface area contributed by atoms with E-state index < -0.39 is 0 Å². The van der Waals surface area contributed by atoms with Crippen LogP contribution in [0.15, 0.2) is 24.8 Å². The van der Waals surface area contributed by atoms with Crippen LogP contribution in [0, 0.1) is 0 Å². The van der Waals surface area contributed by atoms with E-state index in [0.29, 0.717) is 10.8 Å². The highest BCUT2D eigenvalue weighted by molar-refractivity contribution is 6.32. The predicted molar refractivity (Wildman–Crippen MR) is 72.5 cm³/mol. The first-order valence-electron chi connectivity index (χ1n) is 5.49. The summed E-state index contributed by atoms with van der Waals surface area (Å²) in [6.45, 7) is 4.54. The number of methoxy groups -OCH3 is 2. The lowest BCUT2D eigenvalue weighted by molar-refractivity contribution is 0.404. The molecule has 1 rings (SSSR count). The van der Waals surface area contributed by atoms with Crippen LogP contribution in [-0.4, -0.2) is 20.8 Å². The molecule has 0 unspecified atom stereocenters. The van der Waals surface area contributed by atoms with Gasteiger partial charge in [-0.1, -0.05) is 17.7 Å². The van der Waals surface area contributed by atoms with Gasteiger partial charge in [0.15, 0.2) is 0 Å². The average molecular weight is 256 g/mol. The van der Waals surface area contributed by atoms with E-state index in [0.717, 1.165) is 30.8 Å². The molecule has 0 saturated heterocycles. The highest BCUT2D eigenvalue weighted by Gasteiger charge is 2.09. The van der Waals surface area contributed by atoms with Crippen LogP contribution in [-0.2, 0) is 0 Å². The summed E-state index contributed by atoms with van der Waals surface area (Å²) in [4.78, 5) is 0. The Morgan fingerprint density at radius 2 is 2.00 bits per heavy atom. The number of nitrogens with one attached hydrogen (secondary N) is 1. The number of hydrogen-bond acceptors (Lipinski definition) is 3. The van der Waals surface area contributed by atoms with Crippen molar-refractivity contribution in [2.24, 2.45) is 0 Å². The number of benzene rings is 1. The zero-order chi connectivity index (χ0) is 12.7. The molecule has 1 aromatic carbocycles. The van der Waals surface area contributed by atoms with E-state index >= 15 is 0 Å². The van der Waals surface area contributed by atoms with Gasteiger partial charge in [0.05, 0.1) is 24.9 Å². The number of rotatable bonds is 7. The van der Waals surface area contributed by atoms with Crippen LogP contribution in [0.2, 0.25) is 5.02 Å². The lowest BCUT2D eigenvalue weighted by atomic mass is 10.2. The molecule has 0 radical (unpaired) electrons. The van der Waals surface area contributed by atoms with Crippen LogP contribution in [0.4, 0.5) is 5.69 Å². The third-order valence-electron chi connectivity index (χ3n) is 2.37. The van der Waals surface area contributed by atoms with Crippen LogP contribution < -0.4 is 14.8 Å². The first kappa shape index (κ1) is 13.7. The summed E-state index contributed by atoms with van der Waals surface area (Å²) in [5.74, 6) is 1.35. The molecular weight excluding hydrogens is 238 g/mol. The topological polar surface area (TPSA) is 30.5 Å². The highest BCUT2D eigenvalue weighted by atomic mass is 35.5. The fourth-order valence-corrected chi connectivity index (χ4v) is 1.70. The lowest BCUT2D eigenvalue weighted by Gasteiger charge is -2.13.